The van der Waals surface area contributed by atoms with Crippen LogP contribution in [0.4, 0.5) is 5.69 Å². The summed E-state index contributed by atoms with van der Waals surface area (Å²) in [6, 6.07) is 54.1. The maximum Gasteiger partial charge on any atom is 2.00 e. The molecule has 0 unspecified atom stereocenters. The van der Waals surface area contributed by atoms with Crippen molar-refractivity contribution in [1.29, 1.82) is 0 Å². The van der Waals surface area contributed by atoms with E-state index in [1.807, 2.05) is 48.9 Å². The molecule has 9 rings (SSSR count). The molecule has 272 valence electrons. The predicted octanol–water partition coefficient (Wildman–Crippen LogP) is 12.6. The maximum atomic E-state index is 7.93. The number of pyridine rings is 1. The number of hydrogen-bond donors (Lipinski definition) is 0. The van der Waals surface area contributed by atoms with Gasteiger partial charge in [-0.25, -0.2) is 4.98 Å². The summed E-state index contributed by atoms with van der Waals surface area (Å²) in [5, 5.41) is 6.94. The number of ether oxygens (including phenoxy) is 1. The Morgan fingerprint density at radius 2 is 1.38 bits per heavy atom. The monoisotopic (exact) mass is 904 g/mol. The summed E-state index contributed by atoms with van der Waals surface area (Å²) in [5.41, 5.74) is 10.5. The van der Waals surface area contributed by atoms with Crippen molar-refractivity contribution in [2.24, 2.45) is 0 Å². The molecule has 0 spiro atoms. The molecule has 9 aromatic rings. The second kappa shape index (κ2) is 14.9. The van der Waals surface area contributed by atoms with Crippen LogP contribution in [0.5, 0.6) is 11.5 Å². The van der Waals surface area contributed by atoms with Gasteiger partial charge in [-0.1, -0.05) is 129 Å². The molecule has 0 radical (unpaired) electrons. The number of hydrogen-bond acceptors (Lipinski definition) is 3. The van der Waals surface area contributed by atoms with Crippen LogP contribution in [0, 0.1) is 18.7 Å². The molecular weight excluding hydrogens is 870 g/mol. The second-order valence-corrected chi connectivity index (χ2v) is 14.5. The summed E-state index contributed by atoms with van der Waals surface area (Å²) in [7, 11) is 0. The number of nitrogens with zero attached hydrogens (tertiary/aromatic N) is 5. The van der Waals surface area contributed by atoms with E-state index in [-0.39, 0.29) is 26.5 Å². The number of benzene rings is 6. The second-order valence-electron chi connectivity index (χ2n) is 14.5. The SMILES string of the molecule is [C-]#[N+]c1cc(Oc2[c-]c3c(cc2)c2ccccc2n3-c2cc(C(C)(C)C)ccn2)[c-]c(-n2cc(-c3c(-c4ccccc4)cccc3-c3ccccc3)cn2)c1.[Pt+2]. The normalized spacial score (nSPS) is 11.3. The molecule has 6 nitrogen and oxygen atoms in total. The number of aromatic nitrogens is 4. The third-order valence-electron chi connectivity index (χ3n) is 9.91. The van der Waals surface area contributed by atoms with Crippen molar-refractivity contribution in [3.05, 3.63) is 187 Å². The van der Waals surface area contributed by atoms with Crippen LogP contribution >= 0.6 is 0 Å². The first-order valence-corrected chi connectivity index (χ1v) is 18.2. The van der Waals surface area contributed by atoms with E-state index >= 15 is 0 Å². The first-order valence-electron chi connectivity index (χ1n) is 18.2. The van der Waals surface area contributed by atoms with Crippen LogP contribution in [0.3, 0.4) is 0 Å². The van der Waals surface area contributed by atoms with Gasteiger partial charge < -0.3 is 9.30 Å². The first kappa shape index (κ1) is 36.4. The van der Waals surface area contributed by atoms with Crippen LogP contribution in [0.2, 0.25) is 0 Å². The molecule has 3 heterocycles. The smallest absolute Gasteiger partial charge is 0.510 e. The van der Waals surface area contributed by atoms with Gasteiger partial charge in [0.05, 0.1) is 18.5 Å². The summed E-state index contributed by atoms with van der Waals surface area (Å²) < 4.78 is 10.4. The summed E-state index contributed by atoms with van der Waals surface area (Å²) in [5.74, 6) is 1.70. The first-order chi connectivity index (χ1) is 26.8. The van der Waals surface area contributed by atoms with E-state index in [2.05, 4.69) is 139 Å². The minimum Gasteiger partial charge on any atom is -0.510 e. The van der Waals surface area contributed by atoms with Crippen LogP contribution in [0.15, 0.2) is 158 Å². The van der Waals surface area contributed by atoms with E-state index < -0.39 is 0 Å². The third-order valence-corrected chi connectivity index (χ3v) is 9.91. The van der Waals surface area contributed by atoms with Crippen molar-refractivity contribution in [1.82, 2.24) is 19.3 Å². The van der Waals surface area contributed by atoms with Crippen LogP contribution in [0.25, 0.3) is 71.5 Å². The number of rotatable bonds is 7. The minimum absolute atomic E-state index is 0. The molecule has 3 aromatic heterocycles. The molecule has 0 amide bonds. The Morgan fingerprint density at radius 1 is 0.679 bits per heavy atom. The van der Waals surface area contributed by atoms with Gasteiger partial charge in [-0.2, -0.15) is 11.2 Å². The van der Waals surface area contributed by atoms with Crippen molar-refractivity contribution in [2.75, 3.05) is 0 Å². The summed E-state index contributed by atoms with van der Waals surface area (Å²) in [6.07, 6.45) is 5.73. The van der Waals surface area contributed by atoms with Crippen molar-refractivity contribution >= 4 is 27.5 Å². The molecular formula is C49H35N5OPt. The van der Waals surface area contributed by atoms with Gasteiger partial charge in [0.2, 0.25) is 0 Å². The van der Waals surface area contributed by atoms with Crippen LogP contribution in [-0.4, -0.2) is 19.3 Å². The Balaban J connectivity index is 0.00000441. The summed E-state index contributed by atoms with van der Waals surface area (Å²) in [6.45, 7) is 14.5. The third kappa shape index (κ3) is 6.83. The number of para-hydroxylation sites is 1. The zero-order valence-corrected chi connectivity index (χ0v) is 33.2. The molecule has 0 aliphatic heterocycles. The molecule has 0 fully saturated rings. The predicted molar refractivity (Wildman–Crippen MR) is 221 cm³/mol. The Hall–Kier alpha value is -6.54. The molecule has 0 saturated heterocycles. The van der Waals surface area contributed by atoms with Crippen molar-refractivity contribution in [3.63, 3.8) is 0 Å². The van der Waals surface area contributed by atoms with Crippen molar-refractivity contribution < 1.29 is 25.8 Å². The Morgan fingerprint density at radius 3 is 2.07 bits per heavy atom. The molecule has 6 aromatic carbocycles. The molecule has 7 heteroatoms. The average Bonchev–Trinajstić information content (AvgIpc) is 3.84. The van der Waals surface area contributed by atoms with Gasteiger partial charge >= 0.3 is 21.1 Å². The average molecular weight is 905 g/mol. The molecule has 56 heavy (non-hydrogen) atoms. The van der Waals surface area contributed by atoms with E-state index in [4.69, 9.17) is 21.4 Å². The van der Waals surface area contributed by atoms with Crippen molar-refractivity contribution in [2.45, 2.75) is 26.2 Å². The van der Waals surface area contributed by atoms with Gasteiger partial charge in [-0.05, 0) is 56.8 Å². The quantitative estimate of drug-likeness (QED) is 0.150. The standard InChI is InChI=1S/C49H35N5O.Pt/c1-49(2,3)36-24-25-51-47(26-36)54-45-21-12-11-18-43(45)44-23-22-39(30-46(44)54)55-40-28-37(50-4)27-38(29-40)53-32-35(31-52-53)48-41(33-14-7-5-8-15-33)19-13-20-42(48)34-16-9-6-10-17-34;/h5-28,31-32H,1-3H3;/q-2;+2. The number of fused-ring (bicyclic) bond motifs is 3. The topological polar surface area (TPSA) is 49.2 Å². The van der Waals surface area contributed by atoms with E-state index in [9.17, 15) is 0 Å². The minimum atomic E-state index is -0.0410. The molecule has 0 saturated carbocycles. The Bertz CT molecular complexity index is 2840. The van der Waals surface area contributed by atoms with Gasteiger partial charge in [0, 0.05) is 40.5 Å². The van der Waals surface area contributed by atoms with Gasteiger partial charge in [-0.3, -0.25) is 9.53 Å². The molecule has 0 N–H and O–H groups in total. The fourth-order valence-corrected chi connectivity index (χ4v) is 7.22. The van der Waals surface area contributed by atoms with Gasteiger partial charge in [-0.15, -0.1) is 35.7 Å². The zero-order valence-electron chi connectivity index (χ0n) is 31.0. The Labute approximate surface area is 340 Å². The van der Waals surface area contributed by atoms with Crippen LogP contribution in [-0.2, 0) is 26.5 Å². The van der Waals surface area contributed by atoms with Gasteiger partial charge in [0.25, 0.3) is 0 Å². The van der Waals surface area contributed by atoms with Crippen molar-refractivity contribution in [3.8, 4) is 56.4 Å². The van der Waals surface area contributed by atoms with E-state index in [1.54, 1.807) is 16.8 Å². The summed E-state index contributed by atoms with van der Waals surface area (Å²) >= 11 is 0. The fourth-order valence-electron chi connectivity index (χ4n) is 7.22. The van der Waals surface area contributed by atoms with E-state index in [1.165, 1.54) is 5.56 Å². The fraction of sp³-hybridized carbons (Fsp3) is 0.0816. The maximum absolute atomic E-state index is 7.93. The van der Waals surface area contributed by atoms with Gasteiger partial charge in [0.1, 0.15) is 5.82 Å². The molecule has 0 bridgehead atoms. The van der Waals surface area contributed by atoms with E-state index in [0.717, 1.165) is 61.0 Å². The molecule has 0 atom stereocenters. The van der Waals surface area contributed by atoms with Gasteiger partial charge in [0.15, 0.2) is 0 Å². The van der Waals surface area contributed by atoms with Crippen LogP contribution in [0.1, 0.15) is 26.3 Å². The van der Waals surface area contributed by atoms with E-state index in [0.29, 0.717) is 22.9 Å². The van der Waals surface area contributed by atoms with Crippen LogP contribution < -0.4 is 4.74 Å². The molecule has 0 aliphatic carbocycles. The molecule has 0 aliphatic rings. The zero-order chi connectivity index (χ0) is 37.5. The largest absolute Gasteiger partial charge is 2.00 e. The summed E-state index contributed by atoms with van der Waals surface area (Å²) in [4.78, 5) is 8.58. The Kier molecular flexibility index (Phi) is 9.72.